The molecule has 0 aliphatic carbocycles. The second kappa shape index (κ2) is 9.40. The molecule has 3 aromatic carbocycles. The Balaban J connectivity index is 1.65. The fraction of sp³-hybridized carbons (Fsp3) is 0.0435. The number of benzene rings is 3. The van der Waals surface area contributed by atoms with Gasteiger partial charge in [-0.2, -0.15) is 5.26 Å². The zero-order valence-corrected chi connectivity index (χ0v) is 15.7. The van der Waals surface area contributed by atoms with E-state index >= 15 is 0 Å². The van der Waals surface area contributed by atoms with Crippen LogP contribution in [0.1, 0.15) is 11.1 Å². The fourth-order valence-corrected chi connectivity index (χ4v) is 2.66. The summed E-state index contributed by atoms with van der Waals surface area (Å²) in [5.41, 5.74) is 2.29. The van der Waals surface area contributed by atoms with Crippen molar-refractivity contribution in [2.75, 3.05) is 5.32 Å². The van der Waals surface area contributed by atoms with Gasteiger partial charge in [-0.3, -0.25) is 4.79 Å². The van der Waals surface area contributed by atoms with Gasteiger partial charge in [-0.25, -0.2) is 0 Å². The molecule has 0 aliphatic rings. The van der Waals surface area contributed by atoms with E-state index in [2.05, 4.69) is 5.32 Å². The number of carbonyl (C=O) groups is 1. The molecule has 0 saturated carbocycles. The van der Waals surface area contributed by atoms with E-state index in [-0.39, 0.29) is 5.57 Å². The summed E-state index contributed by atoms with van der Waals surface area (Å²) in [6.45, 7) is 0.359. The first kappa shape index (κ1) is 19.2. The summed E-state index contributed by atoms with van der Waals surface area (Å²) >= 11 is 6.12. The highest BCUT2D eigenvalue weighted by Gasteiger charge is 2.09. The highest BCUT2D eigenvalue weighted by Crippen LogP contribution is 2.20. The van der Waals surface area contributed by atoms with Crippen molar-refractivity contribution in [1.29, 1.82) is 5.26 Å². The molecule has 0 aliphatic heterocycles. The summed E-state index contributed by atoms with van der Waals surface area (Å²) in [5.74, 6) is 0.220. The fourth-order valence-electron chi connectivity index (χ4n) is 2.47. The predicted molar refractivity (Wildman–Crippen MR) is 111 cm³/mol. The summed E-state index contributed by atoms with van der Waals surface area (Å²) < 4.78 is 5.74. The van der Waals surface area contributed by atoms with Crippen LogP contribution in [0.2, 0.25) is 5.02 Å². The van der Waals surface area contributed by atoms with Crippen molar-refractivity contribution in [3.05, 3.63) is 101 Å². The third kappa shape index (κ3) is 5.23. The molecule has 1 amide bonds. The van der Waals surface area contributed by atoms with Crippen LogP contribution in [0, 0.1) is 11.3 Å². The molecule has 0 aromatic heterocycles. The SMILES string of the molecule is N#C/C(=C/c1ccc(OCc2ccccc2Cl)cc1)C(=O)Nc1ccccc1. The monoisotopic (exact) mass is 388 g/mol. The van der Waals surface area contributed by atoms with Crippen molar-refractivity contribution in [3.8, 4) is 11.8 Å². The van der Waals surface area contributed by atoms with Crippen molar-refractivity contribution in [3.63, 3.8) is 0 Å². The minimum Gasteiger partial charge on any atom is -0.489 e. The Bertz CT molecular complexity index is 1020. The van der Waals surface area contributed by atoms with Gasteiger partial charge in [-0.05, 0) is 42.0 Å². The van der Waals surface area contributed by atoms with Crippen molar-refractivity contribution in [2.45, 2.75) is 6.61 Å². The number of ether oxygens (including phenoxy) is 1. The van der Waals surface area contributed by atoms with Gasteiger partial charge < -0.3 is 10.1 Å². The molecule has 0 spiro atoms. The molecule has 5 heteroatoms. The first-order valence-electron chi connectivity index (χ1n) is 8.60. The predicted octanol–water partition coefficient (Wildman–Crippen LogP) is 5.46. The number of rotatable bonds is 6. The van der Waals surface area contributed by atoms with E-state index in [9.17, 15) is 10.1 Å². The van der Waals surface area contributed by atoms with Gasteiger partial charge in [0.2, 0.25) is 0 Å². The van der Waals surface area contributed by atoms with Crippen LogP contribution >= 0.6 is 11.6 Å². The summed E-state index contributed by atoms with van der Waals surface area (Å²) in [6.07, 6.45) is 1.54. The van der Waals surface area contributed by atoms with Gasteiger partial charge in [0.1, 0.15) is 24.0 Å². The number of hydrogen-bond acceptors (Lipinski definition) is 3. The van der Waals surface area contributed by atoms with Crippen LogP contribution in [-0.4, -0.2) is 5.91 Å². The van der Waals surface area contributed by atoms with Gasteiger partial charge in [0.15, 0.2) is 0 Å². The zero-order chi connectivity index (χ0) is 19.8. The number of para-hydroxylation sites is 1. The first-order chi connectivity index (χ1) is 13.7. The van der Waals surface area contributed by atoms with E-state index < -0.39 is 5.91 Å². The maximum atomic E-state index is 12.3. The standard InChI is InChI=1S/C23H17ClN2O2/c24-22-9-5-4-6-18(22)16-28-21-12-10-17(11-13-21)14-19(15-25)23(27)26-20-7-2-1-3-8-20/h1-14H,16H2,(H,26,27)/b19-14-. The minimum atomic E-state index is -0.451. The molecule has 0 fully saturated rings. The van der Waals surface area contributed by atoms with Crippen molar-refractivity contribution in [1.82, 2.24) is 0 Å². The van der Waals surface area contributed by atoms with Crippen LogP contribution < -0.4 is 10.1 Å². The smallest absolute Gasteiger partial charge is 0.266 e. The van der Waals surface area contributed by atoms with Crippen LogP contribution in [0.25, 0.3) is 6.08 Å². The summed E-state index contributed by atoms with van der Waals surface area (Å²) in [4.78, 5) is 12.3. The topological polar surface area (TPSA) is 62.1 Å². The van der Waals surface area contributed by atoms with Crippen LogP contribution in [0.4, 0.5) is 5.69 Å². The highest BCUT2D eigenvalue weighted by molar-refractivity contribution is 6.31. The van der Waals surface area contributed by atoms with Crippen LogP contribution in [-0.2, 0) is 11.4 Å². The number of nitriles is 1. The molecule has 138 valence electrons. The number of halogens is 1. The molecular formula is C23H17ClN2O2. The van der Waals surface area contributed by atoms with Crippen LogP contribution in [0.5, 0.6) is 5.75 Å². The Hall–Kier alpha value is -3.55. The summed E-state index contributed by atoms with van der Waals surface area (Å²) in [5, 5.41) is 12.7. The molecule has 4 nitrogen and oxygen atoms in total. The summed E-state index contributed by atoms with van der Waals surface area (Å²) in [6, 6.07) is 25.6. The second-order valence-electron chi connectivity index (χ2n) is 5.94. The van der Waals surface area contributed by atoms with E-state index in [1.807, 2.05) is 48.5 Å². The average Bonchev–Trinajstić information content (AvgIpc) is 2.73. The Labute approximate surface area is 168 Å². The Morgan fingerprint density at radius 2 is 1.68 bits per heavy atom. The maximum absolute atomic E-state index is 12.3. The molecule has 0 heterocycles. The molecule has 1 N–H and O–H groups in total. The largest absolute Gasteiger partial charge is 0.489 e. The molecule has 28 heavy (non-hydrogen) atoms. The lowest BCUT2D eigenvalue weighted by Crippen LogP contribution is -2.13. The lowest BCUT2D eigenvalue weighted by atomic mass is 10.1. The van der Waals surface area contributed by atoms with Crippen molar-refractivity contribution in [2.24, 2.45) is 0 Å². The van der Waals surface area contributed by atoms with E-state index in [1.165, 1.54) is 6.08 Å². The number of carbonyl (C=O) groups excluding carboxylic acids is 1. The molecular weight excluding hydrogens is 372 g/mol. The minimum absolute atomic E-state index is 0.0218. The van der Waals surface area contributed by atoms with E-state index in [1.54, 1.807) is 36.4 Å². The second-order valence-corrected chi connectivity index (χ2v) is 6.35. The third-order valence-electron chi connectivity index (χ3n) is 3.94. The number of nitrogens with zero attached hydrogens (tertiary/aromatic N) is 1. The van der Waals surface area contributed by atoms with Crippen LogP contribution in [0.3, 0.4) is 0 Å². The van der Waals surface area contributed by atoms with Crippen molar-refractivity contribution >= 4 is 29.3 Å². The molecule has 0 atom stereocenters. The first-order valence-corrected chi connectivity index (χ1v) is 8.98. The average molecular weight is 389 g/mol. The number of nitrogens with one attached hydrogen (secondary N) is 1. The Morgan fingerprint density at radius 3 is 2.36 bits per heavy atom. The molecule has 3 aromatic rings. The van der Waals surface area contributed by atoms with Gasteiger partial charge in [-0.1, -0.05) is 60.1 Å². The van der Waals surface area contributed by atoms with Crippen LogP contribution in [0.15, 0.2) is 84.4 Å². The van der Waals surface area contributed by atoms with Gasteiger partial charge >= 0.3 is 0 Å². The lowest BCUT2D eigenvalue weighted by molar-refractivity contribution is -0.112. The maximum Gasteiger partial charge on any atom is 0.266 e. The number of hydrogen-bond donors (Lipinski definition) is 1. The quantitative estimate of drug-likeness (QED) is 0.450. The molecule has 0 radical (unpaired) electrons. The van der Waals surface area contributed by atoms with Crippen molar-refractivity contribution < 1.29 is 9.53 Å². The lowest BCUT2D eigenvalue weighted by Gasteiger charge is -2.08. The molecule has 0 unspecified atom stereocenters. The van der Waals surface area contributed by atoms with E-state index in [0.29, 0.717) is 23.1 Å². The zero-order valence-electron chi connectivity index (χ0n) is 14.9. The summed E-state index contributed by atoms with van der Waals surface area (Å²) in [7, 11) is 0. The van der Waals surface area contributed by atoms with Gasteiger partial charge in [0, 0.05) is 16.3 Å². The highest BCUT2D eigenvalue weighted by atomic mass is 35.5. The number of anilines is 1. The molecule has 0 saturated heterocycles. The Kier molecular flexibility index (Phi) is 6.46. The third-order valence-corrected chi connectivity index (χ3v) is 4.31. The molecule has 3 rings (SSSR count). The van der Waals surface area contributed by atoms with Gasteiger partial charge in [0.05, 0.1) is 0 Å². The van der Waals surface area contributed by atoms with E-state index in [0.717, 1.165) is 11.1 Å². The number of amides is 1. The van der Waals surface area contributed by atoms with Gasteiger partial charge in [0.25, 0.3) is 5.91 Å². The normalized spacial score (nSPS) is 10.8. The van der Waals surface area contributed by atoms with Gasteiger partial charge in [-0.15, -0.1) is 0 Å². The Morgan fingerprint density at radius 1 is 1.00 bits per heavy atom. The molecule has 0 bridgehead atoms. The van der Waals surface area contributed by atoms with E-state index in [4.69, 9.17) is 16.3 Å².